The first-order valence-corrected chi connectivity index (χ1v) is 9.71. The molecule has 2 aromatic rings. The second kappa shape index (κ2) is 9.67. The van der Waals surface area contributed by atoms with Crippen LogP contribution in [0.1, 0.15) is 28.8 Å². The average molecular weight is 437 g/mol. The molecule has 0 radical (unpaired) electrons. The predicted molar refractivity (Wildman–Crippen MR) is 105 cm³/mol. The summed E-state index contributed by atoms with van der Waals surface area (Å²) >= 11 is 0. The van der Waals surface area contributed by atoms with Crippen molar-refractivity contribution in [2.75, 3.05) is 20.1 Å². The Bertz CT molecular complexity index is 911. The monoisotopic (exact) mass is 437 g/mol. The topological polar surface area (TPSA) is 80.8 Å². The van der Waals surface area contributed by atoms with Crippen LogP contribution < -0.4 is 14.8 Å². The molecule has 0 spiro atoms. The zero-order valence-corrected chi connectivity index (χ0v) is 16.8. The molecule has 1 N–H and O–H groups in total. The first kappa shape index (κ1) is 22.4. The van der Waals surface area contributed by atoms with Crippen molar-refractivity contribution in [3.63, 3.8) is 0 Å². The van der Waals surface area contributed by atoms with Gasteiger partial charge in [-0.1, -0.05) is 12.1 Å². The van der Waals surface area contributed by atoms with Gasteiger partial charge in [0.25, 0.3) is 5.91 Å². The van der Waals surface area contributed by atoms with Gasteiger partial charge in [-0.05, 0) is 29.8 Å². The third-order valence-electron chi connectivity index (χ3n) is 4.83. The molecule has 7 nitrogen and oxygen atoms in total. The van der Waals surface area contributed by atoms with E-state index in [-0.39, 0.29) is 36.0 Å². The van der Waals surface area contributed by atoms with Crippen LogP contribution in [0.3, 0.4) is 0 Å². The summed E-state index contributed by atoms with van der Waals surface area (Å²) in [6.45, 7) is 0.946. The maximum atomic E-state index is 12.5. The Morgan fingerprint density at radius 1 is 1.16 bits per heavy atom. The summed E-state index contributed by atoms with van der Waals surface area (Å²) in [6.07, 6.45) is -2.15. The Morgan fingerprint density at radius 2 is 1.84 bits per heavy atom. The highest BCUT2D eigenvalue weighted by molar-refractivity contribution is 5.96. The van der Waals surface area contributed by atoms with Crippen LogP contribution in [0.2, 0.25) is 0 Å². The van der Waals surface area contributed by atoms with E-state index in [0.29, 0.717) is 37.1 Å². The second-order valence-electron chi connectivity index (χ2n) is 7.00. The fourth-order valence-corrected chi connectivity index (χ4v) is 3.27. The fraction of sp³-hybridized carbons (Fsp3) is 0.381. The Kier molecular flexibility index (Phi) is 6.98. The van der Waals surface area contributed by atoms with E-state index in [4.69, 9.17) is 4.74 Å². The van der Waals surface area contributed by atoms with Crippen LogP contribution in [0.5, 0.6) is 11.6 Å². The van der Waals surface area contributed by atoms with Gasteiger partial charge in [0.2, 0.25) is 11.8 Å². The number of carbonyl (C=O) groups excluding carboxylic acids is 2. The lowest BCUT2D eigenvalue weighted by molar-refractivity contribution is -0.274. The van der Waals surface area contributed by atoms with E-state index >= 15 is 0 Å². The van der Waals surface area contributed by atoms with E-state index in [1.54, 1.807) is 23.2 Å². The summed E-state index contributed by atoms with van der Waals surface area (Å²) in [7, 11) is 1.53. The number of rotatable bonds is 6. The van der Waals surface area contributed by atoms with Gasteiger partial charge in [-0.15, -0.1) is 13.2 Å². The number of ether oxygens (including phenoxy) is 2. The van der Waals surface area contributed by atoms with E-state index in [1.165, 1.54) is 31.3 Å². The molecule has 1 aromatic heterocycles. The Morgan fingerprint density at radius 3 is 2.45 bits per heavy atom. The summed E-state index contributed by atoms with van der Waals surface area (Å²) in [5, 5.41) is 2.54. The van der Waals surface area contributed by atoms with Gasteiger partial charge in [-0.3, -0.25) is 9.59 Å². The number of alkyl halides is 3. The lowest BCUT2D eigenvalue weighted by Gasteiger charge is -2.32. The molecule has 166 valence electrons. The molecule has 1 aromatic carbocycles. The third-order valence-corrected chi connectivity index (χ3v) is 4.83. The second-order valence-corrected chi connectivity index (χ2v) is 7.00. The lowest BCUT2D eigenvalue weighted by atomic mass is 10.1. The predicted octanol–water partition coefficient (Wildman–Crippen LogP) is 2.95. The number of benzene rings is 1. The quantitative estimate of drug-likeness (QED) is 0.752. The zero-order chi connectivity index (χ0) is 22.4. The van der Waals surface area contributed by atoms with E-state index in [0.717, 1.165) is 0 Å². The van der Waals surface area contributed by atoms with Gasteiger partial charge < -0.3 is 19.7 Å². The largest absolute Gasteiger partial charge is 0.573 e. The molecule has 1 aliphatic heterocycles. The number of hydrogen-bond acceptors (Lipinski definition) is 5. The molecule has 31 heavy (non-hydrogen) atoms. The van der Waals surface area contributed by atoms with Gasteiger partial charge in [-0.25, -0.2) is 4.98 Å². The van der Waals surface area contributed by atoms with Crippen molar-refractivity contribution in [2.45, 2.75) is 31.7 Å². The van der Waals surface area contributed by atoms with E-state index < -0.39 is 6.36 Å². The number of hydrogen-bond donors (Lipinski definition) is 1. The number of carbonyl (C=O) groups is 2. The van der Waals surface area contributed by atoms with Crippen LogP contribution in [0.25, 0.3) is 0 Å². The van der Waals surface area contributed by atoms with E-state index in [9.17, 15) is 22.8 Å². The van der Waals surface area contributed by atoms with Gasteiger partial charge in [0.05, 0.1) is 6.42 Å². The van der Waals surface area contributed by atoms with Crippen LogP contribution in [-0.2, 0) is 11.2 Å². The minimum atomic E-state index is -4.75. The standard InChI is InChI=1S/C21H22F3N3O4/c1-25-19(29)17-3-2-10-26-20(17)30-15-8-11-27(12-9-15)18(28)13-14-4-6-16(7-5-14)31-21(22,23)24/h2-7,10,15H,8-9,11-13H2,1H3,(H,25,29). The Labute approximate surface area is 177 Å². The highest BCUT2D eigenvalue weighted by Crippen LogP contribution is 2.24. The lowest BCUT2D eigenvalue weighted by Crippen LogP contribution is -2.42. The molecular weight excluding hydrogens is 415 g/mol. The van der Waals surface area contributed by atoms with Crippen molar-refractivity contribution in [1.29, 1.82) is 0 Å². The maximum absolute atomic E-state index is 12.5. The first-order chi connectivity index (χ1) is 14.7. The van der Waals surface area contributed by atoms with Gasteiger partial charge in [0.15, 0.2) is 0 Å². The van der Waals surface area contributed by atoms with Gasteiger partial charge in [-0.2, -0.15) is 0 Å². The van der Waals surface area contributed by atoms with Crippen molar-refractivity contribution >= 4 is 11.8 Å². The van der Waals surface area contributed by atoms with Gasteiger partial charge in [0.1, 0.15) is 17.4 Å². The molecule has 1 aliphatic rings. The van der Waals surface area contributed by atoms with Crippen molar-refractivity contribution in [3.05, 3.63) is 53.7 Å². The third kappa shape index (κ3) is 6.34. The van der Waals surface area contributed by atoms with Crippen LogP contribution in [-0.4, -0.2) is 54.3 Å². The molecule has 2 heterocycles. The van der Waals surface area contributed by atoms with Crippen molar-refractivity contribution < 1.29 is 32.2 Å². The van der Waals surface area contributed by atoms with Gasteiger partial charge >= 0.3 is 6.36 Å². The average Bonchev–Trinajstić information content (AvgIpc) is 2.74. The molecule has 0 aliphatic carbocycles. The number of likely N-dealkylation sites (tertiary alicyclic amines) is 1. The Hall–Kier alpha value is -3.30. The number of aromatic nitrogens is 1. The van der Waals surface area contributed by atoms with Crippen LogP contribution >= 0.6 is 0 Å². The number of nitrogens with zero attached hydrogens (tertiary/aromatic N) is 2. The minimum Gasteiger partial charge on any atom is -0.474 e. The van der Waals surface area contributed by atoms with Crippen molar-refractivity contribution in [3.8, 4) is 11.6 Å². The molecule has 0 atom stereocenters. The number of pyridine rings is 1. The molecule has 1 fully saturated rings. The number of piperidine rings is 1. The fourth-order valence-electron chi connectivity index (χ4n) is 3.27. The minimum absolute atomic E-state index is 0.0822. The van der Waals surface area contributed by atoms with Crippen LogP contribution in [0, 0.1) is 0 Å². The van der Waals surface area contributed by atoms with Crippen LogP contribution in [0.4, 0.5) is 13.2 Å². The molecule has 0 saturated carbocycles. The summed E-state index contributed by atoms with van der Waals surface area (Å²) in [4.78, 5) is 30.3. The molecule has 2 amide bonds. The number of amides is 2. The SMILES string of the molecule is CNC(=O)c1cccnc1OC1CCN(C(=O)Cc2ccc(OC(F)(F)F)cc2)CC1. The van der Waals surface area contributed by atoms with Crippen LogP contribution in [0.15, 0.2) is 42.6 Å². The number of nitrogens with one attached hydrogen (secondary N) is 1. The molecule has 0 bridgehead atoms. The Balaban J connectivity index is 1.51. The normalized spacial score (nSPS) is 14.8. The van der Waals surface area contributed by atoms with E-state index in [1.807, 2.05) is 0 Å². The zero-order valence-electron chi connectivity index (χ0n) is 16.8. The maximum Gasteiger partial charge on any atom is 0.573 e. The van der Waals surface area contributed by atoms with E-state index in [2.05, 4.69) is 15.0 Å². The summed E-state index contributed by atoms with van der Waals surface area (Å²) in [5.41, 5.74) is 0.947. The molecule has 10 heteroatoms. The molecule has 1 saturated heterocycles. The summed E-state index contributed by atoms with van der Waals surface area (Å²) in [5.74, 6) is -0.478. The first-order valence-electron chi connectivity index (χ1n) is 9.71. The molecule has 0 unspecified atom stereocenters. The highest BCUT2D eigenvalue weighted by Gasteiger charge is 2.31. The smallest absolute Gasteiger partial charge is 0.474 e. The van der Waals surface area contributed by atoms with Gasteiger partial charge in [0, 0.05) is 39.2 Å². The van der Waals surface area contributed by atoms with Crippen molar-refractivity contribution in [1.82, 2.24) is 15.2 Å². The molecular formula is C21H22F3N3O4. The highest BCUT2D eigenvalue weighted by atomic mass is 19.4. The summed E-state index contributed by atoms with van der Waals surface area (Å²) in [6, 6.07) is 8.54. The summed E-state index contributed by atoms with van der Waals surface area (Å²) < 4.78 is 46.4. The number of halogens is 3. The van der Waals surface area contributed by atoms with Crippen molar-refractivity contribution in [2.24, 2.45) is 0 Å². The molecule has 3 rings (SSSR count).